The fraction of sp³-hybridized carbons (Fsp3) is 0.733. The molecule has 0 aliphatic heterocycles. The van der Waals surface area contributed by atoms with Gasteiger partial charge in [0, 0.05) is 18.4 Å². The lowest BCUT2D eigenvalue weighted by Crippen LogP contribution is -2.25. The molecule has 0 saturated heterocycles. The Kier molecular flexibility index (Phi) is 4.75. The molecular weight excluding hydrogens is 240 g/mol. The molecule has 4 nitrogen and oxygen atoms in total. The highest BCUT2D eigenvalue weighted by Crippen LogP contribution is 2.34. The number of nitrogens with one attached hydrogen (secondary N) is 1. The average Bonchev–Trinajstić information content (AvgIpc) is 2.40. The van der Waals surface area contributed by atoms with Crippen molar-refractivity contribution < 1.29 is 4.74 Å². The molecule has 0 spiro atoms. The van der Waals surface area contributed by atoms with E-state index in [1.165, 1.54) is 19.3 Å². The van der Waals surface area contributed by atoms with Gasteiger partial charge in [-0.1, -0.05) is 26.2 Å². The first-order valence-corrected chi connectivity index (χ1v) is 7.29. The van der Waals surface area contributed by atoms with Gasteiger partial charge in [0.15, 0.2) is 0 Å². The predicted octanol–water partition coefficient (Wildman–Crippen LogP) is 2.91. The summed E-state index contributed by atoms with van der Waals surface area (Å²) in [7, 11) is 1.71. The van der Waals surface area contributed by atoms with Gasteiger partial charge in [-0.25, -0.2) is 4.98 Å². The van der Waals surface area contributed by atoms with Crippen molar-refractivity contribution in [2.45, 2.75) is 58.5 Å². The van der Waals surface area contributed by atoms with Gasteiger partial charge in [-0.15, -0.1) is 0 Å². The minimum absolute atomic E-state index is 0.0112. The zero-order valence-electron chi connectivity index (χ0n) is 12.2. The van der Waals surface area contributed by atoms with E-state index in [2.05, 4.69) is 9.97 Å². The fourth-order valence-electron chi connectivity index (χ4n) is 3.15. The Labute approximate surface area is 114 Å². The number of H-pyrrole nitrogens is 1. The van der Waals surface area contributed by atoms with Crippen LogP contribution in [0.3, 0.4) is 0 Å². The maximum Gasteiger partial charge on any atom is 0.254 e. The summed E-state index contributed by atoms with van der Waals surface area (Å²) in [5.41, 5.74) is 1.60. The summed E-state index contributed by atoms with van der Waals surface area (Å²) in [5, 5.41) is 0. The van der Waals surface area contributed by atoms with Crippen LogP contribution < -0.4 is 5.56 Å². The Morgan fingerprint density at radius 2 is 2.05 bits per heavy atom. The van der Waals surface area contributed by atoms with Gasteiger partial charge in [-0.3, -0.25) is 4.79 Å². The van der Waals surface area contributed by atoms with Crippen LogP contribution in [0.2, 0.25) is 0 Å². The largest absolute Gasteiger partial charge is 0.373 e. The normalized spacial score (nSPS) is 18.5. The third-order valence-electron chi connectivity index (χ3n) is 4.20. The third kappa shape index (κ3) is 3.06. The molecule has 1 N–H and O–H groups in total. The van der Waals surface area contributed by atoms with E-state index in [1.807, 2.05) is 13.8 Å². The Morgan fingerprint density at radius 3 is 2.58 bits per heavy atom. The lowest BCUT2D eigenvalue weighted by Gasteiger charge is -2.28. The summed E-state index contributed by atoms with van der Waals surface area (Å²) in [6.07, 6.45) is 6.78. The lowest BCUT2D eigenvalue weighted by atomic mass is 9.85. The Morgan fingerprint density at radius 1 is 1.37 bits per heavy atom. The minimum atomic E-state index is -0.0717. The van der Waals surface area contributed by atoms with Crippen LogP contribution in [0.5, 0.6) is 0 Å². The van der Waals surface area contributed by atoms with Gasteiger partial charge in [0.2, 0.25) is 0 Å². The first-order chi connectivity index (χ1) is 9.17. The number of aromatic nitrogens is 2. The number of aryl methyl sites for hydroxylation is 1. The molecule has 2 rings (SSSR count). The van der Waals surface area contributed by atoms with Crippen molar-refractivity contribution >= 4 is 0 Å². The second-order valence-electron chi connectivity index (χ2n) is 5.42. The number of rotatable bonds is 4. The summed E-state index contributed by atoms with van der Waals surface area (Å²) in [6.45, 7) is 3.89. The maximum absolute atomic E-state index is 12.0. The van der Waals surface area contributed by atoms with Crippen molar-refractivity contribution in [1.82, 2.24) is 9.97 Å². The zero-order chi connectivity index (χ0) is 13.8. The SMILES string of the molecule is CCc1c(C)nc(C(OC)C2CCCCC2)[nH]c1=O. The number of aromatic amines is 1. The molecule has 1 unspecified atom stereocenters. The van der Waals surface area contributed by atoms with Gasteiger partial charge >= 0.3 is 0 Å². The minimum Gasteiger partial charge on any atom is -0.373 e. The van der Waals surface area contributed by atoms with Crippen LogP contribution in [0.1, 0.15) is 62.2 Å². The van der Waals surface area contributed by atoms with Crippen molar-refractivity contribution in [3.63, 3.8) is 0 Å². The van der Waals surface area contributed by atoms with E-state index in [1.54, 1.807) is 7.11 Å². The Bertz CT molecular complexity index is 476. The van der Waals surface area contributed by atoms with E-state index < -0.39 is 0 Å². The summed E-state index contributed by atoms with van der Waals surface area (Å²) in [5.74, 6) is 1.18. The topological polar surface area (TPSA) is 55.0 Å². The molecule has 1 aliphatic rings. The van der Waals surface area contributed by atoms with Crippen molar-refractivity contribution in [1.29, 1.82) is 0 Å². The number of methoxy groups -OCH3 is 1. The van der Waals surface area contributed by atoms with Gasteiger partial charge in [-0.05, 0) is 32.1 Å². The molecule has 1 fully saturated rings. The third-order valence-corrected chi connectivity index (χ3v) is 4.20. The average molecular weight is 264 g/mol. The van der Waals surface area contributed by atoms with E-state index in [0.717, 1.165) is 30.5 Å². The molecule has 1 heterocycles. The van der Waals surface area contributed by atoms with E-state index in [-0.39, 0.29) is 11.7 Å². The van der Waals surface area contributed by atoms with E-state index in [4.69, 9.17) is 4.74 Å². The van der Waals surface area contributed by atoms with Gasteiger partial charge in [-0.2, -0.15) is 0 Å². The van der Waals surface area contributed by atoms with Gasteiger partial charge < -0.3 is 9.72 Å². The second-order valence-corrected chi connectivity index (χ2v) is 5.42. The molecule has 1 saturated carbocycles. The zero-order valence-corrected chi connectivity index (χ0v) is 12.2. The monoisotopic (exact) mass is 264 g/mol. The summed E-state index contributed by atoms with van der Waals surface area (Å²) < 4.78 is 5.63. The highest BCUT2D eigenvalue weighted by molar-refractivity contribution is 5.17. The number of ether oxygens (including phenoxy) is 1. The smallest absolute Gasteiger partial charge is 0.254 e. The molecule has 19 heavy (non-hydrogen) atoms. The van der Waals surface area contributed by atoms with Crippen LogP contribution in [0.4, 0.5) is 0 Å². The van der Waals surface area contributed by atoms with Crippen molar-refractivity contribution in [3.05, 3.63) is 27.4 Å². The number of hydrogen-bond acceptors (Lipinski definition) is 3. The molecule has 1 aromatic heterocycles. The fourth-order valence-corrected chi connectivity index (χ4v) is 3.15. The Balaban J connectivity index is 2.30. The second kappa shape index (κ2) is 6.33. The summed E-state index contributed by atoms with van der Waals surface area (Å²) >= 11 is 0. The van der Waals surface area contributed by atoms with Crippen LogP contribution in [0.15, 0.2) is 4.79 Å². The van der Waals surface area contributed by atoms with E-state index in [9.17, 15) is 4.79 Å². The molecule has 1 aromatic rings. The molecule has 0 radical (unpaired) electrons. The predicted molar refractivity (Wildman–Crippen MR) is 75.3 cm³/mol. The van der Waals surface area contributed by atoms with Crippen molar-refractivity contribution in [2.24, 2.45) is 5.92 Å². The molecule has 4 heteroatoms. The lowest BCUT2D eigenvalue weighted by molar-refractivity contribution is 0.0286. The van der Waals surface area contributed by atoms with E-state index in [0.29, 0.717) is 11.7 Å². The first-order valence-electron chi connectivity index (χ1n) is 7.29. The number of nitrogens with zero attached hydrogens (tertiary/aromatic N) is 1. The van der Waals surface area contributed by atoms with Gasteiger partial charge in [0.1, 0.15) is 11.9 Å². The molecule has 1 aliphatic carbocycles. The highest BCUT2D eigenvalue weighted by Gasteiger charge is 2.27. The summed E-state index contributed by atoms with van der Waals surface area (Å²) in [4.78, 5) is 19.5. The molecule has 0 bridgehead atoms. The quantitative estimate of drug-likeness (QED) is 0.909. The number of hydrogen-bond donors (Lipinski definition) is 1. The maximum atomic E-state index is 12.0. The van der Waals surface area contributed by atoms with Crippen molar-refractivity contribution in [2.75, 3.05) is 7.11 Å². The van der Waals surface area contributed by atoms with Crippen LogP contribution in [-0.2, 0) is 11.2 Å². The van der Waals surface area contributed by atoms with Crippen LogP contribution in [-0.4, -0.2) is 17.1 Å². The summed E-state index contributed by atoms with van der Waals surface area (Å²) in [6, 6.07) is 0. The van der Waals surface area contributed by atoms with Crippen LogP contribution >= 0.6 is 0 Å². The van der Waals surface area contributed by atoms with Crippen molar-refractivity contribution in [3.8, 4) is 0 Å². The van der Waals surface area contributed by atoms with Gasteiger partial charge in [0.25, 0.3) is 5.56 Å². The van der Waals surface area contributed by atoms with E-state index >= 15 is 0 Å². The molecule has 1 atom stereocenters. The molecule has 106 valence electrons. The van der Waals surface area contributed by atoms with Crippen LogP contribution in [0, 0.1) is 12.8 Å². The first kappa shape index (κ1) is 14.3. The molecule has 0 aromatic carbocycles. The Hall–Kier alpha value is -1.16. The molecule has 0 amide bonds. The van der Waals surface area contributed by atoms with Crippen LogP contribution in [0.25, 0.3) is 0 Å². The van der Waals surface area contributed by atoms with Gasteiger partial charge in [0.05, 0.1) is 0 Å². The molecular formula is C15H24N2O2. The standard InChI is InChI=1S/C15H24N2O2/c1-4-12-10(2)16-14(17-15(12)18)13(19-3)11-8-6-5-7-9-11/h11,13H,4-9H2,1-3H3,(H,16,17,18). The highest BCUT2D eigenvalue weighted by atomic mass is 16.5.